The van der Waals surface area contributed by atoms with Gasteiger partial charge in [0, 0.05) is 0 Å². The van der Waals surface area contributed by atoms with Gasteiger partial charge in [-0.1, -0.05) is 0 Å². The van der Waals surface area contributed by atoms with Gasteiger partial charge in [0.25, 0.3) is 0 Å². The Balaban J connectivity index is 2.51. The molecule has 0 radical (unpaired) electrons. The zero-order valence-electron chi connectivity index (χ0n) is 8.18. The molecule has 0 saturated heterocycles. The van der Waals surface area contributed by atoms with Crippen molar-refractivity contribution in [1.29, 1.82) is 5.26 Å². The summed E-state index contributed by atoms with van der Waals surface area (Å²) in [5.41, 5.74) is 1.68. The Bertz CT molecular complexity index is 537. The van der Waals surface area contributed by atoms with Gasteiger partial charge < -0.3 is 0 Å². The van der Waals surface area contributed by atoms with E-state index in [1.165, 1.54) is 0 Å². The molecule has 0 spiro atoms. The van der Waals surface area contributed by atoms with Crippen LogP contribution in [-0.2, 0) is 7.05 Å². The van der Waals surface area contributed by atoms with Gasteiger partial charge in [-0.25, -0.2) is 9.13 Å². The molecule has 0 aliphatic heterocycles. The molecule has 2 aromatic rings. The Morgan fingerprint density at radius 2 is 2.27 bits per heavy atom. The van der Waals surface area contributed by atoms with E-state index in [0.717, 1.165) is 10.2 Å². The van der Waals surface area contributed by atoms with E-state index in [1.807, 2.05) is 47.0 Å². The van der Waals surface area contributed by atoms with Gasteiger partial charge in [0.15, 0.2) is 0 Å². The maximum Gasteiger partial charge on any atom is 0.248 e. The third-order valence-corrected chi connectivity index (χ3v) is 2.76. The second kappa shape index (κ2) is 3.87. The summed E-state index contributed by atoms with van der Waals surface area (Å²) in [6, 6.07) is 7.65. The molecule has 4 heteroatoms. The van der Waals surface area contributed by atoms with Crippen molar-refractivity contribution in [1.82, 2.24) is 4.57 Å². The molecular formula is C11H9BrN3+. The number of hydrogen-bond acceptors (Lipinski definition) is 1. The summed E-state index contributed by atoms with van der Waals surface area (Å²) < 4.78 is 4.87. The summed E-state index contributed by atoms with van der Waals surface area (Å²) in [5.74, 6) is 0. The first-order valence-electron chi connectivity index (χ1n) is 4.44. The van der Waals surface area contributed by atoms with Crippen LogP contribution in [0, 0.1) is 11.3 Å². The zero-order valence-corrected chi connectivity index (χ0v) is 9.77. The highest BCUT2D eigenvalue weighted by Gasteiger charge is 2.08. The van der Waals surface area contributed by atoms with Crippen LogP contribution in [0.3, 0.4) is 0 Å². The Morgan fingerprint density at radius 1 is 1.47 bits per heavy atom. The number of hydrogen-bond donors (Lipinski definition) is 0. The van der Waals surface area contributed by atoms with Crippen molar-refractivity contribution in [3.05, 3.63) is 47.0 Å². The standard InChI is InChI=1S/C11H9BrN3/c1-14-4-5-15(8-14)11-3-2-9(7-13)6-10(11)12/h2-6,8H,1H3/q+1. The van der Waals surface area contributed by atoms with E-state index in [9.17, 15) is 0 Å². The van der Waals surface area contributed by atoms with E-state index in [0.29, 0.717) is 5.56 Å². The molecule has 0 fully saturated rings. The van der Waals surface area contributed by atoms with Crippen LogP contribution in [-0.4, -0.2) is 4.57 Å². The molecule has 1 heterocycles. The molecular weight excluding hydrogens is 254 g/mol. The number of aromatic nitrogens is 2. The Labute approximate surface area is 96.3 Å². The highest BCUT2D eigenvalue weighted by atomic mass is 79.9. The van der Waals surface area contributed by atoms with Crippen molar-refractivity contribution < 1.29 is 4.57 Å². The van der Waals surface area contributed by atoms with E-state index in [2.05, 4.69) is 22.0 Å². The molecule has 0 bridgehead atoms. The van der Waals surface area contributed by atoms with Crippen LogP contribution >= 0.6 is 15.9 Å². The fraction of sp³-hybridized carbons (Fsp3) is 0.0909. The molecule has 1 aromatic heterocycles. The van der Waals surface area contributed by atoms with E-state index < -0.39 is 0 Å². The van der Waals surface area contributed by atoms with Gasteiger partial charge in [0.2, 0.25) is 6.33 Å². The van der Waals surface area contributed by atoms with Crippen LogP contribution in [0.2, 0.25) is 0 Å². The van der Waals surface area contributed by atoms with E-state index in [1.54, 1.807) is 6.07 Å². The van der Waals surface area contributed by atoms with Crippen molar-refractivity contribution in [2.24, 2.45) is 7.05 Å². The number of halogens is 1. The summed E-state index contributed by atoms with van der Waals surface area (Å²) in [6.45, 7) is 0. The molecule has 15 heavy (non-hydrogen) atoms. The second-order valence-corrected chi connectivity index (χ2v) is 4.12. The molecule has 0 saturated carbocycles. The van der Waals surface area contributed by atoms with Crippen LogP contribution in [0.25, 0.3) is 5.69 Å². The fourth-order valence-corrected chi connectivity index (χ4v) is 1.96. The van der Waals surface area contributed by atoms with Crippen molar-refractivity contribution >= 4 is 15.9 Å². The van der Waals surface area contributed by atoms with Crippen molar-refractivity contribution in [2.45, 2.75) is 0 Å². The molecule has 0 N–H and O–H groups in total. The lowest BCUT2D eigenvalue weighted by molar-refractivity contribution is -0.670. The highest BCUT2D eigenvalue weighted by molar-refractivity contribution is 9.10. The second-order valence-electron chi connectivity index (χ2n) is 3.26. The molecule has 0 aliphatic carbocycles. The van der Waals surface area contributed by atoms with Crippen LogP contribution in [0.15, 0.2) is 41.4 Å². The van der Waals surface area contributed by atoms with Gasteiger partial charge in [-0.2, -0.15) is 5.26 Å². The van der Waals surface area contributed by atoms with Crippen LogP contribution in [0.4, 0.5) is 0 Å². The molecule has 0 amide bonds. The van der Waals surface area contributed by atoms with E-state index >= 15 is 0 Å². The third kappa shape index (κ3) is 1.92. The Morgan fingerprint density at radius 3 is 2.80 bits per heavy atom. The number of benzene rings is 1. The lowest BCUT2D eigenvalue weighted by Crippen LogP contribution is -2.23. The number of rotatable bonds is 1. The van der Waals surface area contributed by atoms with Gasteiger partial charge >= 0.3 is 0 Å². The largest absolute Gasteiger partial charge is 0.248 e. The molecule has 3 nitrogen and oxygen atoms in total. The minimum atomic E-state index is 0.655. The smallest absolute Gasteiger partial charge is 0.239 e. The Hall–Kier alpha value is -1.60. The first-order valence-corrected chi connectivity index (χ1v) is 5.23. The minimum Gasteiger partial charge on any atom is -0.239 e. The van der Waals surface area contributed by atoms with Crippen molar-refractivity contribution in [2.75, 3.05) is 0 Å². The van der Waals surface area contributed by atoms with E-state index in [4.69, 9.17) is 5.26 Å². The number of aryl methyl sites for hydroxylation is 1. The van der Waals surface area contributed by atoms with Gasteiger partial charge in [0.1, 0.15) is 18.1 Å². The van der Waals surface area contributed by atoms with Gasteiger partial charge in [-0.15, -0.1) is 0 Å². The summed E-state index contributed by atoms with van der Waals surface area (Å²) in [4.78, 5) is 0. The average molecular weight is 263 g/mol. The number of nitriles is 1. The van der Waals surface area contributed by atoms with Gasteiger partial charge in [0.05, 0.1) is 23.2 Å². The van der Waals surface area contributed by atoms with Gasteiger partial charge in [-0.05, 0) is 34.1 Å². The molecule has 2 rings (SSSR count). The fourth-order valence-electron chi connectivity index (χ4n) is 1.38. The number of imidazole rings is 1. The summed E-state index contributed by atoms with van der Waals surface area (Å²) in [7, 11) is 1.97. The molecule has 74 valence electrons. The summed E-state index contributed by atoms with van der Waals surface area (Å²) in [5, 5.41) is 8.75. The third-order valence-electron chi connectivity index (χ3n) is 2.12. The molecule has 0 aliphatic rings. The maximum absolute atomic E-state index is 8.75. The minimum absolute atomic E-state index is 0.655. The van der Waals surface area contributed by atoms with Gasteiger partial charge in [-0.3, -0.25) is 0 Å². The predicted octanol–water partition coefficient (Wildman–Crippen LogP) is 1.94. The summed E-state index contributed by atoms with van der Waals surface area (Å²) >= 11 is 3.45. The molecule has 0 atom stereocenters. The lowest BCUT2D eigenvalue weighted by atomic mass is 10.2. The molecule has 1 aromatic carbocycles. The summed E-state index contributed by atoms with van der Waals surface area (Å²) in [6.07, 6.45) is 5.89. The first-order chi connectivity index (χ1) is 7.20. The average Bonchev–Trinajstić information content (AvgIpc) is 2.64. The topological polar surface area (TPSA) is 32.6 Å². The number of nitrogens with zero attached hydrogens (tertiary/aromatic N) is 3. The molecule has 0 unspecified atom stereocenters. The van der Waals surface area contributed by atoms with Crippen LogP contribution in [0.5, 0.6) is 0 Å². The van der Waals surface area contributed by atoms with Crippen molar-refractivity contribution in [3.63, 3.8) is 0 Å². The van der Waals surface area contributed by atoms with E-state index in [-0.39, 0.29) is 0 Å². The van der Waals surface area contributed by atoms with Crippen LogP contribution in [0.1, 0.15) is 5.56 Å². The predicted molar refractivity (Wildman–Crippen MR) is 59.4 cm³/mol. The monoisotopic (exact) mass is 262 g/mol. The first kappa shape index (κ1) is 9.94. The van der Waals surface area contributed by atoms with Crippen molar-refractivity contribution in [3.8, 4) is 11.8 Å². The lowest BCUT2D eigenvalue weighted by Gasteiger charge is -1.99. The SMILES string of the molecule is C[n+]1ccn(-c2ccc(C#N)cc2Br)c1. The normalized spacial score (nSPS) is 9.93. The van der Waals surface area contributed by atoms with Crippen LogP contribution < -0.4 is 4.57 Å². The quantitative estimate of drug-likeness (QED) is 0.723. The Kier molecular flexibility index (Phi) is 2.57. The maximum atomic E-state index is 8.75. The zero-order chi connectivity index (χ0) is 10.8. The highest BCUT2D eigenvalue weighted by Crippen LogP contribution is 2.21.